The van der Waals surface area contributed by atoms with Gasteiger partial charge in [0.2, 0.25) is 0 Å². The van der Waals surface area contributed by atoms with Crippen molar-refractivity contribution >= 4 is 21.7 Å². The van der Waals surface area contributed by atoms with E-state index in [0.29, 0.717) is 11.3 Å². The van der Waals surface area contributed by atoms with Crippen molar-refractivity contribution < 1.29 is 13.2 Å². The molecule has 1 heterocycles. The standard InChI is InChI=1S/C9H10N2O3S/c10-15(13,14)11-6-5-9(12)7-3-1-2-4-8(7)11/h1-4H,5-6H2,(H2,10,13,14). The van der Waals surface area contributed by atoms with Crippen molar-refractivity contribution in [2.75, 3.05) is 10.8 Å². The van der Waals surface area contributed by atoms with Crippen LogP contribution in [0.2, 0.25) is 0 Å². The number of nitrogens with zero attached hydrogens (tertiary/aromatic N) is 1. The Kier molecular flexibility index (Phi) is 2.24. The molecule has 0 aromatic heterocycles. The molecule has 1 aromatic carbocycles. The molecule has 80 valence electrons. The molecule has 0 aliphatic carbocycles. The SMILES string of the molecule is NS(=O)(=O)N1CCC(=O)c2ccccc21. The van der Waals surface area contributed by atoms with Crippen molar-refractivity contribution in [1.29, 1.82) is 0 Å². The number of carbonyl (C=O) groups is 1. The summed E-state index contributed by atoms with van der Waals surface area (Å²) >= 11 is 0. The number of nitrogens with two attached hydrogens (primary N) is 1. The first-order valence-electron chi connectivity index (χ1n) is 4.43. The van der Waals surface area contributed by atoms with Gasteiger partial charge >= 0.3 is 0 Å². The molecule has 0 amide bonds. The van der Waals surface area contributed by atoms with Crippen molar-refractivity contribution in [2.24, 2.45) is 5.14 Å². The van der Waals surface area contributed by atoms with E-state index in [-0.39, 0.29) is 18.7 Å². The Hall–Kier alpha value is -1.40. The quantitative estimate of drug-likeness (QED) is 0.747. The Bertz CT molecular complexity index is 510. The average Bonchev–Trinajstić information content (AvgIpc) is 2.17. The van der Waals surface area contributed by atoms with Crippen LogP contribution in [0, 0.1) is 0 Å². The van der Waals surface area contributed by atoms with Crippen LogP contribution in [-0.2, 0) is 10.2 Å². The maximum absolute atomic E-state index is 11.5. The molecule has 6 heteroatoms. The van der Waals surface area contributed by atoms with Gasteiger partial charge in [-0.3, -0.25) is 9.10 Å². The Labute approximate surface area is 87.7 Å². The molecule has 0 saturated carbocycles. The minimum atomic E-state index is -3.78. The number of para-hydroxylation sites is 1. The summed E-state index contributed by atoms with van der Waals surface area (Å²) in [5.74, 6) is -0.0505. The molecule has 0 spiro atoms. The summed E-state index contributed by atoms with van der Waals surface area (Å²) in [6.07, 6.45) is 0.174. The highest BCUT2D eigenvalue weighted by Gasteiger charge is 2.28. The molecular weight excluding hydrogens is 216 g/mol. The van der Waals surface area contributed by atoms with E-state index in [1.807, 2.05) is 0 Å². The second-order valence-corrected chi connectivity index (χ2v) is 4.78. The lowest BCUT2D eigenvalue weighted by molar-refractivity contribution is 0.0982. The number of carbonyl (C=O) groups excluding carboxylic acids is 1. The van der Waals surface area contributed by atoms with Gasteiger partial charge in [0.25, 0.3) is 10.2 Å². The Morgan fingerprint density at radius 3 is 2.60 bits per heavy atom. The number of fused-ring (bicyclic) bond motifs is 1. The number of rotatable bonds is 1. The molecule has 1 aliphatic rings. The van der Waals surface area contributed by atoms with Crippen LogP contribution < -0.4 is 9.44 Å². The van der Waals surface area contributed by atoms with Crippen molar-refractivity contribution in [3.8, 4) is 0 Å². The van der Waals surface area contributed by atoms with Gasteiger partial charge in [-0.2, -0.15) is 8.42 Å². The molecule has 2 rings (SSSR count). The zero-order valence-corrected chi connectivity index (χ0v) is 8.70. The summed E-state index contributed by atoms with van der Waals surface area (Å²) in [6.45, 7) is 0.120. The first kappa shape index (κ1) is 10.1. The molecule has 0 atom stereocenters. The lowest BCUT2D eigenvalue weighted by Crippen LogP contribution is -2.41. The topological polar surface area (TPSA) is 80.5 Å². The van der Waals surface area contributed by atoms with Gasteiger partial charge in [-0.05, 0) is 12.1 Å². The molecule has 0 fully saturated rings. The van der Waals surface area contributed by atoms with Gasteiger partial charge in [-0.25, -0.2) is 5.14 Å². The number of ketones is 1. The van der Waals surface area contributed by atoms with E-state index in [1.54, 1.807) is 24.3 Å². The number of benzene rings is 1. The lowest BCUT2D eigenvalue weighted by Gasteiger charge is -2.27. The van der Waals surface area contributed by atoms with Crippen LogP contribution >= 0.6 is 0 Å². The molecule has 1 aliphatic heterocycles. The molecule has 0 radical (unpaired) electrons. The van der Waals surface area contributed by atoms with Crippen LogP contribution in [0.25, 0.3) is 0 Å². The zero-order chi connectivity index (χ0) is 11.1. The Morgan fingerprint density at radius 1 is 1.27 bits per heavy atom. The van der Waals surface area contributed by atoms with Crippen molar-refractivity contribution in [3.05, 3.63) is 29.8 Å². The average molecular weight is 226 g/mol. The van der Waals surface area contributed by atoms with Crippen molar-refractivity contribution in [1.82, 2.24) is 0 Å². The highest BCUT2D eigenvalue weighted by Crippen LogP contribution is 2.27. The molecule has 1 aromatic rings. The maximum atomic E-state index is 11.5. The van der Waals surface area contributed by atoms with Crippen LogP contribution in [0.15, 0.2) is 24.3 Å². The monoisotopic (exact) mass is 226 g/mol. The number of Topliss-reactive ketones (excluding diaryl/α,β-unsaturated/α-hetero) is 1. The summed E-state index contributed by atoms with van der Waals surface area (Å²) in [7, 11) is -3.78. The minimum absolute atomic E-state index is 0.0505. The summed E-state index contributed by atoms with van der Waals surface area (Å²) < 4.78 is 23.6. The minimum Gasteiger partial charge on any atom is -0.294 e. The first-order chi connectivity index (χ1) is 7.00. The zero-order valence-electron chi connectivity index (χ0n) is 7.88. The molecule has 5 nitrogen and oxygen atoms in total. The fourth-order valence-corrected chi connectivity index (χ4v) is 2.43. The van der Waals surface area contributed by atoms with E-state index in [2.05, 4.69) is 0 Å². The molecule has 2 N–H and O–H groups in total. The predicted octanol–water partition coefficient (Wildman–Crippen LogP) is 0.283. The molecule has 15 heavy (non-hydrogen) atoms. The van der Waals surface area contributed by atoms with Gasteiger partial charge in [0.15, 0.2) is 5.78 Å². The Morgan fingerprint density at radius 2 is 1.93 bits per heavy atom. The third kappa shape index (κ3) is 1.73. The summed E-state index contributed by atoms with van der Waals surface area (Å²) in [4.78, 5) is 11.5. The van der Waals surface area contributed by atoms with E-state index in [1.165, 1.54) is 0 Å². The van der Waals surface area contributed by atoms with Crippen molar-refractivity contribution in [3.63, 3.8) is 0 Å². The first-order valence-corrected chi connectivity index (χ1v) is 5.93. The van der Waals surface area contributed by atoms with Crippen LogP contribution in [0.1, 0.15) is 16.8 Å². The van der Waals surface area contributed by atoms with Gasteiger partial charge in [-0.15, -0.1) is 0 Å². The summed E-state index contributed by atoms with van der Waals surface area (Å²) in [5.41, 5.74) is 0.786. The number of hydrogen-bond acceptors (Lipinski definition) is 3. The van der Waals surface area contributed by atoms with E-state index in [0.717, 1.165) is 4.31 Å². The predicted molar refractivity (Wildman–Crippen MR) is 55.8 cm³/mol. The second kappa shape index (κ2) is 3.32. The third-order valence-electron chi connectivity index (χ3n) is 2.32. The van der Waals surface area contributed by atoms with E-state index < -0.39 is 10.2 Å². The molecule has 0 saturated heterocycles. The third-order valence-corrected chi connectivity index (χ3v) is 3.32. The van der Waals surface area contributed by atoms with Crippen molar-refractivity contribution in [2.45, 2.75) is 6.42 Å². The molecule has 0 bridgehead atoms. The highest BCUT2D eigenvalue weighted by atomic mass is 32.2. The van der Waals surface area contributed by atoms with Gasteiger partial charge < -0.3 is 0 Å². The second-order valence-electron chi connectivity index (χ2n) is 3.31. The van der Waals surface area contributed by atoms with Crippen LogP contribution in [0.5, 0.6) is 0 Å². The van der Waals surface area contributed by atoms with Gasteiger partial charge in [0, 0.05) is 18.5 Å². The fraction of sp³-hybridized carbons (Fsp3) is 0.222. The van der Waals surface area contributed by atoms with Gasteiger partial charge in [-0.1, -0.05) is 12.1 Å². The van der Waals surface area contributed by atoms with E-state index in [9.17, 15) is 13.2 Å². The van der Waals surface area contributed by atoms with Crippen LogP contribution in [0.3, 0.4) is 0 Å². The number of hydrogen-bond donors (Lipinski definition) is 1. The lowest BCUT2D eigenvalue weighted by atomic mass is 10.0. The summed E-state index contributed by atoms with van der Waals surface area (Å²) in [6, 6.07) is 6.56. The smallest absolute Gasteiger partial charge is 0.294 e. The number of anilines is 1. The Balaban J connectivity index is 2.59. The summed E-state index contributed by atoms with van der Waals surface area (Å²) in [5, 5.41) is 5.06. The molecule has 0 unspecified atom stereocenters. The van der Waals surface area contributed by atoms with Crippen LogP contribution in [-0.4, -0.2) is 20.7 Å². The highest BCUT2D eigenvalue weighted by molar-refractivity contribution is 7.90. The normalized spacial score (nSPS) is 16.3. The van der Waals surface area contributed by atoms with Gasteiger partial charge in [0.05, 0.1) is 5.69 Å². The van der Waals surface area contributed by atoms with Gasteiger partial charge in [0.1, 0.15) is 0 Å². The van der Waals surface area contributed by atoms with E-state index >= 15 is 0 Å². The van der Waals surface area contributed by atoms with E-state index in [4.69, 9.17) is 5.14 Å². The maximum Gasteiger partial charge on any atom is 0.299 e. The van der Waals surface area contributed by atoms with Crippen LogP contribution in [0.4, 0.5) is 5.69 Å². The largest absolute Gasteiger partial charge is 0.299 e. The fourth-order valence-electron chi connectivity index (χ4n) is 1.65. The molecular formula is C9H10N2O3S.